The highest BCUT2D eigenvalue weighted by atomic mass is 16.5. The molecule has 8 fully saturated rings. The number of pyridine rings is 2. The standard InChI is InChI=1S/C66H66N12O4/c1-3-39-9-5-10-41-27-47(79)29-51(57(39)41)42-28-55-59(67-32-42)62(76-35-45-14-15-46(36-76)69-45)74-63(71-55)82-38-66-22-8-26-78(66)56(19-23-66)49-16-11-40(4-2)58-52(49)30-48(80)31-53(58)54-18-17-50-60(70-54)72-64(81-37-65-20-6-24-77(65)25-7-21-65)73-61(50)75-33-43-12-13-44(34-75)68-43/h1-2,5,9-11,16-18,27-32,43-46,56,68-69,79-80H,6-8,12-15,19-26,33-38H2. The molecule has 16 heteroatoms. The molecule has 8 aliphatic heterocycles. The van der Waals surface area contributed by atoms with E-state index in [-0.39, 0.29) is 28.6 Å². The Morgan fingerprint density at radius 2 is 1.27 bits per heavy atom. The van der Waals surface area contributed by atoms with Crippen LogP contribution in [-0.2, 0) is 0 Å². The second-order valence-corrected chi connectivity index (χ2v) is 24.8. The van der Waals surface area contributed by atoms with Crippen molar-refractivity contribution < 1.29 is 19.7 Å². The number of ether oxygens (including phenoxy) is 2. The third kappa shape index (κ3) is 8.27. The fraction of sp³-hybridized carbons (Fsp3) is 0.424. The minimum absolute atomic E-state index is 0.0280. The Morgan fingerprint density at radius 3 is 2.02 bits per heavy atom. The van der Waals surface area contributed by atoms with E-state index in [1.54, 1.807) is 18.2 Å². The van der Waals surface area contributed by atoms with Crippen molar-refractivity contribution in [1.29, 1.82) is 0 Å². The molecule has 6 atom stereocenters. The van der Waals surface area contributed by atoms with Gasteiger partial charge in [0.15, 0.2) is 11.5 Å². The van der Waals surface area contributed by atoms with Crippen molar-refractivity contribution in [3.8, 4) is 70.6 Å². The second kappa shape index (κ2) is 19.4. The normalized spacial score (nSPS) is 25.6. The number of aromatic hydroxyl groups is 2. The van der Waals surface area contributed by atoms with Crippen LogP contribution < -0.4 is 29.9 Å². The first-order valence-electron chi connectivity index (χ1n) is 29.8. The van der Waals surface area contributed by atoms with Gasteiger partial charge in [-0.05, 0) is 173 Å². The van der Waals surface area contributed by atoms with E-state index < -0.39 is 0 Å². The van der Waals surface area contributed by atoms with Gasteiger partial charge in [0.05, 0.1) is 27.7 Å². The first-order valence-corrected chi connectivity index (χ1v) is 29.8. The van der Waals surface area contributed by atoms with Crippen LogP contribution in [-0.4, -0.2) is 144 Å². The number of nitrogens with one attached hydrogen (secondary N) is 2. The number of anilines is 2. The molecule has 16 nitrogen and oxygen atoms in total. The summed E-state index contributed by atoms with van der Waals surface area (Å²) < 4.78 is 13.6. The smallest absolute Gasteiger partial charge is 0.320 e. The highest BCUT2D eigenvalue weighted by molar-refractivity contribution is 6.05. The number of hydrogen-bond donors (Lipinski definition) is 4. The molecule has 4 N–H and O–H groups in total. The predicted octanol–water partition coefficient (Wildman–Crippen LogP) is 9.01. The van der Waals surface area contributed by atoms with E-state index in [4.69, 9.17) is 52.2 Å². The summed E-state index contributed by atoms with van der Waals surface area (Å²) in [5.41, 5.74) is 7.26. The number of phenolic OH excluding ortho intramolecular Hbond substituents is 2. The SMILES string of the molecule is C#Cc1cccc2cc(O)cc(-c3cnc4c(N5CC6CCC(C5)N6)nc(OCC56CCCN5C(c5ccc(C#C)c7c(-c8ccc9c(N%10CC%11CCC(C%10)N%11)nc(OCC%10%11CCCN%10CCC%11)nc9n8)cc(O)cc57)CC6)nc4c3)c12. The van der Waals surface area contributed by atoms with Crippen molar-refractivity contribution in [3.05, 3.63) is 95.7 Å². The monoisotopic (exact) mass is 1090 g/mol. The Hall–Kier alpha value is -7.86. The molecule has 4 aromatic heterocycles. The third-order valence-corrected chi connectivity index (χ3v) is 20.1. The van der Waals surface area contributed by atoms with Crippen molar-refractivity contribution >= 4 is 55.2 Å². The lowest BCUT2D eigenvalue weighted by Gasteiger charge is -2.35. The molecule has 414 valence electrons. The van der Waals surface area contributed by atoms with Crippen LogP contribution in [0.3, 0.4) is 0 Å². The first kappa shape index (κ1) is 49.9. The highest BCUT2D eigenvalue weighted by Crippen LogP contribution is 2.52. The zero-order valence-electron chi connectivity index (χ0n) is 46.1. The summed E-state index contributed by atoms with van der Waals surface area (Å²) in [4.78, 5) is 41.0. The van der Waals surface area contributed by atoms with Crippen LogP contribution in [0.25, 0.3) is 66.0 Å². The van der Waals surface area contributed by atoms with Crippen LogP contribution in [0.2, 0.25) is 0 Å². The molecule has 0 spiro atoms. The number of piperazine rings is 2. The molecule has 6 unspecified atom stereocenters. The van der Waals surface area contributed by atoms with Crippen molar-refractivity contribution in [2.24, 2.45) is 0 Å². The molecule has 82 heavy (non-hydrogen) atoms. The zero-order valence-corrected chi connectivity index (χ0v) is 46.1. The average molecular weight is 1090 g/mol. The number of fused-ring (bicyclic) bond motifs is 10. The Bertz CT molecular complexity index is 3990. The fourth-order valence-corrected chi connectivity index (χ4v) is 16.3. The molecular formula is C66H66N12O4. The fourth-order valence-electron chi connectivity index (χ4n) is 16.3. The van der Waals surface area contributed by atoms with Gasteiger partial charge in [0.1, 0.15) is 36.0 Å². The van der Waals surface area contributed by atoms with Crippen LogP contribution in [0.15, 0.2) is 79.0 Å². The number of phenols is 2. The van der Waals surface area contributed by atoms with E-state index in [2.05, 4.69) is 60.3 Å². The van der Waals surface area contributed by atoms with Gasteiger partial charge < -0.3 is 40.1 Å². The predicted molar refractivity (Wildman–Crippen MR) is 318 cm³/mol. The van der Waals surface area contributed by atoms with Gasteiger partial charge in [-0.2, -0.15) is 19.9 Å². The van der Waals surface area contributed by atoms with E-state index >= 15 is 0 Å². The average Bonchev–Trinajstić information content (AvgIpc) is 4.48. The Morgan fingerprint density at radius 1 is 0.610 bits per heavy atom. The van der Waals surface area contributed by atoms with Crippen molar-refractivity contribution in [2.75, 3.05) is 68.8 Å². The van der Waals surface area contributed by atoms with Crippen molar-refractivity contribution in [1.82, 2.24) is 50.3 Å². The van der Waals surface area contributed by atoms with Crippen LogP contribution in [0.5, 0.6) is 23.5 Å². The van der Waals surface area contributed by atoms with Gasteiger partial charge in [0.2, 0.25) is 0 Å². The third-order valence-electron chi connectivity index (χ3n) is 20.1. The van der Waals surface area contributed by atoms with E-state index in [0.717, 1.165) is 182 Å². The molecule has 8 aromatic rings. The summed E-state index contributed by atoms with van der Waals surface area (Å²) in [6, 6.07) is 25.6. The maximum Gasteiger partial charge on any atom is 0.320 e. The molecule has 0 aliphatic carbocycles. The van der Waals surface area contributed by atoms with E-state index in [0.29, 0.717) is 71.8 Å². The molecular weight excluding hydrogens is 1020 g/mol. The van der Waals surface area contributed by atoms with Gasteiger partial charge in [0, 0.05) is 95.6 Å². The maximum absolute atomic E-state index is 11.8. The van der Waals surface area contributed by atoms with Gasteiger partial charge in [-0.25, -0.2) is 4.98 Å². The summed E-state index contributed by atoms with van der Waals surface area (Å²) >= 11 is 0. The minimum atomic E-state index is -0.283. The van der Waals surface area contributed by atoms with Gasteiger partial charge in [0.25, 0.3) is 0 Å². The van der Waals surface area contributed by atoms with E-state index in [1.807, 2.05) is 42.6 Å². The Labute approximate surface area is 476 Å². The maximum atomic E-state index is 11.8. The molecule has 16 rings (SSSR count). The molecule has 0 radical (unpaired) electrons. The number of benzene rings is 4. The minimum Gasteiger partial charge on any atom is -0.508 e. The molecule has 4 bridgehead atoms. The number of hydrogen-bond acceptors (Lipinski definition) is 16. The summed E-state index contributed by atoms with van der Waals surface area (Å²) in [5, 5.41) is 34.7. The first-order chi connectivity index (χ1) is 40.2. The summed E-state index contributed by atoms with van der Waals surface area (Å²) in [6.07, 6.45) is 27.3. The van der Waals surface area contributed by atoms with Crippen LogP contribution in [0.4, 0.5) is 11.6 Å². The molecule has 0 amide bonds. The van der Waals surface area contributed by atoms with Gasteiger partial charge in [-0.3, -0.25) is 14.8 Å². The summed E-state index contributed by atoms with van der Waals surface area (Å²) in [5.74, 6) is 7.77. The van der Waals surface area contributed by atoms with Crippen molar-refractivity contribution in [3.63, 3.8) is 0 Å². The molecule has 0 saturated carbocycles. The quantitative estimate of drug-likeness (QED) is 0.0903. The number of terminal acetylenes is 2. The molecule has 8 aliphatic rings. The van der Waals surface area contributed by atoms with E-state index in [1.165, 1.54) is 12.8 Å². The highest BCUT2D eigenvalue weighted by Gasteiger charge is 2.51. The summed E-state index contributed by atoms with van der Waals surface area (Å²) in [7, 11) is 0. The Balaban J connectivity index is 0.737. The number of rotatable bonds is 11. The van der Waals surface area contributed by atoms with E-state index in [9.17, 15) is 10.2 Å². The molecule has 8 saturated heterocycles. The molecule has 4 aromatic carbocycles. The largest absolute Gasteiger partial charge is 0.508 e. The van der Waals surface area contributed by atoms with Crippen LogP contribution in [0, 0.1) is 24.7 Å². The lowest BCUT2D eigenvalue weighted by Crippen LogP contribution is -2.51. The lowest BCUT2D eigenvalue weighted by molar-refractivity contribution is 0.0849. The topological polar surface area (TPSA) is 173 Å². The van der Waals surface area contributed by atoms with Crippen molar-refractivity contribution in [2.45, 2.75) is 118 Å². The van der Waals surface area contributed by atoms with Gasteiger partial charge >= 0.3 is 12.0 Å². The zero-order chi connectivity index (χ0) is 54.8. The van der Waals surface area contributed by atoms with Crippen LogP contribution >= 0.6 is 0 Å². The second-order valence-electron chi connectivity index (χ2n) is 24.8. The Kier molecular flexibility index (Phi) is 11.8. The van der Waals surface area contributed by atoms with Crippen LogP contribution in [0.1, 0.15) is 99.8 Å². The van der Waals surface area contributed by atoms with Gasteiger partial charge in [-0.15, -0.1) is 12.8 Å². The molecule has 12 heterocycles. The number of aromatic nitrogens is 6. The lowest BCUT2D eigenvalue weighted by atomic mass is 9.90. The summed E-state index contributed by atoms with van der Waals surface area (Å²) in [6.45, 7) is 7.45. The van der Waals surface area contributed by atoms with Gasteiger partial charge in [-0.1, -0.05) is 30.0 Å². The number of nitrogens with zero attached hydrogens (tertiary/aromatic N) is 10.